The summed E-state index contributed by atoms with van der Waals surface area (Å²) in [6.07, 6.45) is 1.57. The molecular weight excluding hydrogens is 433 g/mol. The molecule has 7 nitrogen and oxygen atoms in total. The molecule has 32 heavy (non-hydrogen) atoms. The molecule has 0 radical (unpaired) electrons. The third kappa shape index (κ3) is 3.65. The summed E-state index contributed by atoms with van der Waals surface area (Å²) in [4.78, 5) is 25.2. The minimum atomic E-state index is -0.798. The van der Waals surface area contributed by atoms with E-state index in [-0.39, 0.29) is 22.2 Å². The molecule has 0 fully saturated rings. The lowest BCUT2D eigenvalue weighted by molar-refractivity contribution is 0.0865. The molecule has 1 unspecified atom stereocenters. The third-order valence-electron chi connectivity index (χ3n) is 5.69. The van der Waals surface area contributed by atoms with Gasteiger partial charge in [0.2, 0.25) is 11.8 Å². The van der Waals surface area contributed by atoms with E-state index in [9.17, 15) is 9.18 Å². The highest BCUT2D eigenvalue weighted by atomic mass is 35.5. The van der Waals surface area contributed by atoms with Gasteiger partial charge in [-0.25, -0.2) is 9.37 Å². The number of fused-ring (bicyclic) bond motifs is 2. The predicted octanol–water partition coefficient (Wildman–Crippen LogP) is 4.39. The fourth-order valence-electron chi connectivity index (χ4n) is 4.08. The van der Waals surface area contributed by atoms with E-state index in [0.717, 1.165) is 25.2 Å². The molecule has 0 saturated heterocycles. The summed E-state index contributed by atoms with van der Waals surface area (Å²) in [7, 11) is 2.11. The molecule has 1 N–H and O–H groups in total. The molecule has 0 spiro atoms. The summed E-state index contributed by atoms with van der Waals surface area (Å²) in [5.41, 5.74) is 3.58. The molecule has 2 aromatic carbocycles. The molecule has 9 heteroatoms. The lowest BCUT2D eigenvalue weighted by atomic mass is 9.99. The summed E-state index contributed by atoms with van der Waals surface area (Å²) in [6, 6.07) is 10.4. The van der Waals surface area contributed by atoms with Crippen LogP contribution in [-0.2, 0) is 13.0 Å². The normalized spacial score (nSPS) is 18.1. The third-order valence-corrected chi connectivity index (χ3v) is 6.00. The number of nitrogens with one attached hydrogen (secondary N) is 1. The second-order valence-electron chi connectivity index (χ2n) is 7.97. The van der Waals surface area contributed by atoms with Crippen LogP contribution < -0.4 is 15.0 Å². The molecule has 2 aliphatic heterocycles. The van der Waals surface area contributed by atoms with E-state index in [1.165, 1.54) is 40.4 Å². The standard InChI is InChI=1S/C23H21ClFN5O2/c1-13-30(20-18(24)4-3-5-19(20)25)22(31)17-11-26-23(28-21(17)32-13)27-16-7-6-15-12-29(2)9-8-14(15)10-16/h3-7,10-11,13H,8-9,12H2,1-2H3,(H,26,27,28). The average Bonchev–Trinajstić information content (AvgIpc) is 2.75. The first-order valence-electron chi connectivity index (χ1n) is 10.3. The predicted molar refractivity (Wildman–Crippen MR) is 120 cm³/mol. The minimum absolute atomic E-state index is 0.0285. The summed E-state index contributed by atoms with van der Waals surface area (Å²) in [6.45, 7) is 3.59. The van der Waals surface area contributed by atoms with Crippen molar-refractivity contribution in [2.24, 2.45) is 0 Å². The van der Waals surface area contributed by atoms with Crippen molar-refractivity contribution in [1.82, 2.24) is 14.9 Å². The van der Waals surface area contributed by atoms with E-state index in [0.29, 0.717) is 5.95 Å². The minimum Gasteiger partial charge on any atom is -0.453 e. The topological polar surface area (TPSA) is 70.6 Å². The van der Waals surface area contributed by atoms with Crippen LogP contribution in [-0.4, -0.2) is 40.6 Å². The Hall–Kier alpha value is -3.23. The second kappa shape index (κ2) is 8.03. The lowest BCUT2D eigenvalue weighted by Crippen LogP contribution is -2.47. The first-order chi connectivity index (χ1) is 15.4. The molecule has 164 valence electrons. The summed E-state index contributed by atoms with van der Waals surface area (Å²) >= 11 is 6.16. The van der Waals surface area contributed by atoms with Crippen LogP contribution >= 0.6 is 11.6 Å². The number of benzene rings is 2. The number of halogens is 2. The van der Waals surface area contributed by atoms with Crippen LogP contribution in [0.1, 0.15) is 28.4 Å². The van der Waals surface area contributed by atoms with Crippen LogP contribution in [0.25, 0.3) is 0 Å². The van der Waals surface area contributed by atoms with E-state index in [2.05, 4.69) is 39.4 Å². The Morgan fingerprint density at radius 3 is 2.91 bits per heavy atom. The Morgan fingerprint density at radius 2 is 2.09 bits per heavy atom. The zero-order chi connectivity index (χ0) is 22.4. The van der Waals surface area contributed by atoms with Crippen LogP contribution in [0.2, 0.25) is 5.02 Å². The van der Waals surface area contributed by atoms with Crippen molar-refractivity contribution in [2.75, 3.05) is 23.8 Å². The van der Waals surface area contributed by atoms with Gasteiger partial charge < -0.3 is 15.0 Å². The van der Waals surface area contributed by atoms with Crippen molar-refractivity contribution in [3.05, 3.63) is 70.1 Å². The van der Waals surface area contributed by atoms with E-state index >= 15 is 0 Å². The average molecular weight is 454 g/mol. The second-order valence-corrected chi connectivity index (χ2v) is 8.38. The SMILES string of the molecule is CC1Oc2nc(Nc3ccc4c(c3)CCN(C)C4)ncc2C(=O)N1c1c(F)cccc1Cl. The van der Waals surface area contributed by atoms with Crippen LogP contribution in [0.3, 0.4) is 0 Å². The quantitative estimate of drug-likeness (QED) is 0.634. The number of aromatic nitrogens is 2. The van der Waals surface area contributed by atoms with Gasteiger partial charge in [0.05, 0.1) is 5.02 Å². The molecule has 2 aliphatic rings. The highest BCUT2D eigenvalue weighted by molar-refractivity contribution is 6.34. The number of likely N-dealkylation sites (N-methyl/N-ethyl adjacent to an activating group) is 1. The molecule has 1 amide bonds. The summed E-state index contributed by atoms with van der Waals surface area (Å²) in [5.74, 6) is -0.630. The number of carbonyl (C=O) groups excluding carboxylic acids is 1. The Labute approximate surface area is 189 Å². The van der Waals surface area contributed by atoms with Gasteiger partial charge in [-0.2, -0.15) is 4.98 Å². The molecule has 0 saturated carbocycles. The van der Waals surface area contributed by atoms with E-state index in [1.54, 1.807) is 6.92 Å². The van der Waals surface area contributed by atoms with Crippen LogP contribution in [0.4, 0.5) is 21.7 Å². The highest BCUT2D eigenvalue weighted by Crippen LogP contribution is 2.36. The maximum atomic E-state index is 14.4. The van der Waals surface area contributed by atoms with Crippen molar-refractivity contribution in [1.29, 1.82) is 0 Å². The maximum absolute atomic E-state index is 14.4. The molecular formula is C23H21ClFN5O2. The van der Waals surface area contributed by atoms with Gasteiger partial charge in [-0.3, -0.25) is 9.69 Å². The molecule has 1 aromatic heterocycles. The van der Waals surface area contributed by atoms with Crippen LogP contribution in [0, 0.1) is 5.82 Å². The Bertz CT molecular complexity index is 1200. The van der Waals surface area contributed by atoms with Gasteiger partial charge in [0.1, 0.15) is 17.1 Å². The maximum Gasteiger partial charge on any atom is 0.268 e. The van der Waals surface area contributed by atoms with Crippen molar-refractivity contribution < 1.29 is 13.9 Å². The Morgan fingerprint density at radius 1 is 1.25 bits per heavy atom. The van der Waals surface area contributed by atoms with Gasteiger partial charge in [-0.1, -0.05) is 23.7 Å². The largest absolute Gasteiger partial charge is 0.453 e. The molecule has 3 aromatic rings. The Kier molecular flexibility index (Phi) is 5.19. The number of carbonyl (C=O) groups is 1. The number of anilines is 3. The summed E-state index contributed by atoms with van der Waals surface area (Å²) < 4.78 is 20.3. The van der Waals surface area contributed by atoms with E-state index in [4.69, 9.17) is 16.3 Å². The molecule has 0 bridgehead atoms. The van der Waals surface area contributed by atoms with Crippen molar-refractivity contribution in [3.63, 3.8) is 0 Å². The number of amides is 1. The van der Waals surface area contributed by atoms with Gasteiger partial charge in [-0.15, -0.1) is 0 Å². The number of hydrogen-bond acceptors (Lipinski definition) is 6. The summed E-state index contributed by atoms with van der Waals surface area (Å²) in [5, 5.41) is 3.30. The molecule has 1 atom stereocenters. The zero-order valence-electron chi connectivity index (χ0n) is 17.6. The van der Waals surface area contributed by atoms with Crippen molar-refractivity contribution in [2.45, 2.75) is 26.1 Å². The lowest BCUT2D eigenvalue weighted by Gasteiger charge is -2.34. The van der Waals surface area contributed by atoms with Crippen LogP contribution in [0.15, 0.2) is 42.6 Å². The smallest absolute Gasteiger partial charge is 0.268 e. The molecule has 5 rings (SSSR count). The number of ether oxygens (including phenoxy) is 1. The zero-order valence-corrected chi connectivity index (χ0v) is 18.4. The number of para-hydroxylation sites is 1. The van der Waals surface area contributed by atoms with Gasteiger partial charge in [0.15, 0.2) is 6.23 Å². The Balaban J connectivity index is 1.42. The molecule has 0 aliphatic carbocycles. The number of rotatable bonds is 3. The van der Waals surface area contributed by atoms with E-state index < -0.39 is 18.0 Å². The first-order valence-corrected chi connectivity index (χ1v) is 10.7. The van der Waals surface area contributed by atoms with Crippen LogP contribution in [0.5, 0.6) is 5.88 Å². The van der Waals surface area contributed by atoms with Gasteiger partial charge in [0, 0.05) is 25.0 Å². The van der Waals surface area contributed by atoms with E-state index in [1.807, 2.05) is 6.07 Å². The number of nitrogens with zero attached hydrogens (tertiary/aromatic N) is 4. The number of hydrogen-bond donors (Lipinski definition) is 1. The highest BCUT2D eigenvalue weighted by Gasteiger charge is 2.36. The van der Waals surface area contributed by atoms with Gasteiger partial charge >= 0.3 is 0 Å². The first kappa shape index (κ1) is 20.7. The molecule has 3 heterocycles. The monoisotopic (exact) mass is 453 g/mol. The fraction of sp³-hybridized carbons (Fsp3) is 0.261. The van der Waals surface area contributed by atoms with Gasteiger partial charge in [-0.05, 0) is 55.8 Å². The van der Waals surface area contributed by atoms with Crippen molar-refractivity contribution >= 4 is 34.8 Å². The fourth-order valence-corrected chi connectivity index (χ4v) is 4.33. The van der Waals surface area contributed by atoms with Crippen molar-refractivity contribution in [3.8, 4) is 5.88 Å². The van der Waals surface area contributed by atoms with Gasteiger partial charge in [0.25, 0.3) is 5.91 Å².